The number of hydrogen-bond donors (Lipinski definition) is 1. The number of amides is 1. The lowest BCUT2D eigenvalue weighted by Crippen LogP contribution is -2.29. The molecule has 1 aliphatic heterocycles. The maximum Gasteiger partial charge on any atom is 0.301 e. The molecule has 4 rings (SSSR count). The number of carbonyl (C=O) groups excluding carboxylic acids is 2. The molecule has 0 aliphatic carbocycles. The lowest BCUT2D eigenvalue weighted by Gasteiger charge is -2.23. The first-order chi connectivity index (χ1) is 14.3. The van der Waals surface area contributed by atoms with Crippen LogP contribution in [0.3, 0.4) is 0 Å². The van der Waals surface area contributed by atoms with Crippen LogP contribution in [-0.2, 0) is 9.59 Å². The highest BCUT2D eigenvalue weighted by Crippen LogP contribution is 2.43. The third-order valence-electron chi connectivity index (χ3n) is 5.18. The van der Waals surface area contributed by atoms with Crippen molar-refractivity contribution >= 4 is 45.5 Å². The monoisotopic (exact) mass is 438 g/mol. The van der Waals surface area contributed by atoms with Crippen molar-refractivity contribution in [3.63, 3.8) is 0 Å². The van der Waals surface area contributed by atoms with Crippen molar-refractivity contribution in [2.24, 2.45) is 0 Å². The number of aryl methyl sites for hydroxylation is 3. The van der Waals surface area contributed by atoms with Crippen molar-refractivity contribution in [3.05, 3.63) is 86.4 Å². The first-order valence-electron chi connectivity index (χ1n) is 9.35. The number of hydrogen-bond acceptors (Lipinski definition) is 5. The molecule has 152 valence electrons. The van der Waals surface area contributed by atoms with Crippen LogP contribution in [0.4, 0.5) is 5.13 Å². The highest BCUT2D eigenvalue weighted by molar-refractivity contribution is 7.16. The second-order valence-electron chi connectivity index (χ2n) is 7.22. The molecule has 2 aromatic carbocycles. The number of Topliss-reactive ketones (excluding diaryl/α,β-unsaturated/α-hetero) is 1. The topological polar surface area (TPSA) is 70.5 Å². The summed E-state index contributed by atoms with van der Waals surface area (Å²) >= 11 is 7.39. The van der Waals surface area contributed by atoms with Gasteiger partial charge in [-0.1, -0.05) is 53.6 Å². The first kappa shape index (κ1) is 20.3. The van der Waals surface area contributed by atoms with E-state index in [-0.39, 0.29) is 11.3 Å². The van der Waals surface area contributed by atoms with Crippen LogP contribution in [0.5, 0.6) is 0 Å². The molecule has 2 heterocycles. The summed E-state index contributed by atoms with van der Waals surface area (Å²) in [6.45, 7) is 5.70. The van der Waals surface area contributed by atoms with Gasteiger partial charge in [0.25, 0.3) is 5.78 Å². The molecule has 0 unspecified atom stereocenters. The van der Waals surface area contributed by atoms with Crippen LogP contribution in [0.25, 0.3) is 5.76 Å². The van der Waals surface area contributed by atoms with Gasteiger partial charge in [-0.3, -0.25) is 14.5 Å². The molecule has 3 aromatic rings. The van der Waals surface area contributed by atoms with E-state index in [1.165, 1.54) is 16.2 Å². The number of benzene rings is 2. The fraction of sp³-hybridized carbons (Fsp3) is 0.174. The SMILES string of the molecule is Cc1ccc(C(O)=C2C(=O)C(=O)N(c3nc(C)c(C)s3)[C@@H]2c2ccc(Cl)cc2)cc1. The van der Waals surface area contributed by atoms with E-state index in [9.17, 15) is 14.7 Å². The Morgan fingerprint density at radius 3 is 2.23 bits per heavy atom. The standard InChI is InChI=1S/C23H19ClN2O3S/c1-12-4-6-16(7-5-12)20(27)18-19(15-8-10-17(24)11-9-15)26(22(29)21(18)28)23-25-13(2)14(3)30-23/h4-11,19,27H,1-3H3/t19-/m1/s1. The third-order valence-corrected chi connectivity index (χ3v) is 6.50. The fourth-order valence-corrected chi connectivity index (χ4v) is 4.48. The van der Waals surface area contributed by atoms with E-state index in [0.29, 0.717) is 21.3 Å². The van der Waals surface area contributed by atoms with Crippen molar-refractivity contribution in [2.75, 3.05) is 4.90 Å². The van der Waals surface area contributed by atoms with Gasteiger partial charge in [0.2, 0.25) is 0 Å². The van der Waals surface area contributed by atoms with E-state index in [0.717, 1.165) is 16.1 Å². The molecule has 1 aromatic heterocycles. The maximum atomic E-state index is 13.1. The van der Waals surface area contributed by atoms with E-state index in [4.69, 9.17) is 11.6 Å². The number of rotatable bonds is 3. The van der Waals surface area contributed by atoms with Crippen molar-refractivity contribution in [1.29, 1.82) is 0 Å². The average Bonchev–Trinajstić information content (AvgIpc) is 3.18. The predicted octanol–water partition coefficient (Wildman–Crippen LogP) is 5.35. The molecule has 0 radical (unpaired) electrons. The van der Waals surface area contributed by atoms with Crippen molar-refractivity contribution in [3.8, 4) is 0 Å². The maximum absolute atomic E-state index is 13.1. The molecule has 1 amide bonds. The van der Waals surface area contributed by atoms with Crippen LogP contribution in [0.15, 0.2) is 54.1 Å². The van der Waals surface area contributed by atoms with Gasteiger partial charge in [0, 0.05) is 15.5 Å². The number of anilines is 1. The lowest BCUT2D eigenvalue weighted by atomic mass is 9.95. The molecule has 1 N–H and O–H groups in total. The smallest absolute Gasteiger partial charge is 0.301 e. The summed E-state index contributed by atoms with van der Waals surface area (Å²) in [6, 6.07) is 13.2. The van der Waals surface area contributed by atoms with Crippen LogP contribution in [-0.4, -0.2) is 21.8 Å². The predicted molar refractivity (Wildman–Crippen MR) is 119 cm³/mol. The highest BCUT2D eigenvalue weighted by Gasteiger charge is 2.48. The summed E-state index contributed by atoms with van der Waals surface area (Å²) in [4.78, 5) is 32.9. The van der Waals surface area contributed by atoms with Gasteiger partial charge in [-0.05, 0) is 38.5 Å². The van der Waals surface area contributed by atoms with Crippen LogP contribution in [0, 0.1) is 20.8 Å². The molecule has 7 heteroatoms. The van der Waals surface area contributed by atoms with Crippen LogP contribution in [0.1, 0.15) is 33.3 Å². The minimum Gasteiger partial charge on any atom is -0.507 e. The summed E-state index contributed by atoms with van der Waals surface area (Å²) < 4.78 is 0. The van der Waals surface area contributed by atoms with E-state index in [2.05, 4.69) is 4.98 Å². The Bertz CT molecular complexity index is 1160. The second-order valence-corrected chi connectivity index (χ2v) is 8.84. The zero-order valence-electron chi connectivity index (χ0n) is 16.6. The average molecular weight is 439 g/mol. The quantitative estimate of drug-likeness (QED) is 0.340. The first-order valence-corrected chi connectivity index (χ1v) is 10.5. The van der Waals surface area contributed by atoms with Gasteiger partial charge in [0.15, 0.2) is 5.13 Å². The minimum atomic E-state index is -0.798. The Labute approximate surface area is 183 Å². The zero-order valence-corrected chi connectivity index (χ0v) is 18.2. The molecule has 30 heavy (non-hydrogen) atoms. The summed E-state index contributed by atoms with van der Waals surface area (Å²) in [6.07, 6.45) is 0. The molecule has 0 spiro atoms. The Morgan fingerprint density at radius 1 is 1.03 bits per heavy atom. The Morgan fingerprint density at radius 2 is 1.67 bits per heavy atom. The Balaban J connectivity index is 1.94. The van der Waals surface area contributed by atoms with E-state index < -0.39 is 17.7 Å². The van der Waals surface area contributed by atoms with Gasteiger partial charge in [0.1, 0.15) is 5.76 Å². The molecule has 1 aliphatic rings. The van der Waals surface area contributed by atoms with Crippen LogP contribution in [0.2, 0.25) is 5.02 Å². The molecule has 1 atom stereocenters. The fourth-order valence-electron chi connectivity index (χ4n) is 3.42. The molecule has 1 fully saturated rings. The lowest BCUT2D eigenvalue weighted by molar-refractivity contribution is -0.132. The van der Waals surface area contributed by atoms with Gasteiger partial charge in [-0.15, -0.1) is 11.3 Å². The van der Waals surface area contributed by atoms with E-state index in [1.54, 1.807) is 36.4 Å². The van der Waals surface area contributed by atoms with E-state index in [1.807, 2.05) is 32.9 Å². The van der Waals surface area contributed by atoms with Crippen molar-refractivity contribution < 1.29 is 14.7 Å². The number of aromatic nitrogens is 1. The van der Waals surface area contributed by atoms with Crippen LogP contribution < -0.4 is 4.90 Å². The van der Waals surface area contributed by atoms with Gasteiger partial charge in [0.05, 0.1) is 17.3 Å². The molecular formula is C23H19ClN2O3S. The third kappa shape index (κ3) is 3.42. The number of halogens is 1. The zero-order chi connectivity index (χ0) is 21.6. The number of ketones is 1. The Kier molecular flexibility index (Phi) is 5.22. The van der Waals surface area contributed by atoms with Crippen molar-refractivity contribution in [1.82, 2.24) is 4.98 Å². The molecule has 1 saturated heterocycles. The normalized spacial score (nSPS) is 18.3. The summed E-state index contributed by atoms with van der Waals surface area (Å²) in [5.74, 6) is -1.66. The molecular weight excluding hydrogens is 420 g/mol. The number of thiazole rings is 1. The molecule has 0 saturated carbocycles. The van der Waals surface area contributed by atoms with Gasteiger partial charge >= 0.3 is 5.91 Å². The highest BCUT2D eigenvalue weighted by atomic mass is 35.5. The minimum absolute atomic E-state index is 0.0386. The Hall–Kier alpha value is -2.96. The van der Waals surface area contributed by atoms with E-state index >= 15 is 0 Å². The summed E-state index contributed by atoms with van der Waals surface area (Å²) in [5, 5.41) is 12.0. The number of aliphatic hydroxyl groups is 1. The van der Waals surface area contributed by atoms with Gasteiger partial charge < -0.3 is 5.11 Å². The summed E-state index contributed by atoms with van der Waals surface area (Å²) in [5.41, 5.74) is 3.00. The van der Waals surface area contributed by atoms with Gasteiger partial charge in [-0.2, -0.15) is 0 Å². The van der Waals surface area contributed by atoms with Gasteiger partial charge in [-0.25, -0.2) is 4.98 Å². The largest absolute Gasteiger partial charge is 0.507 e. The number of aliphatic hydroxyl groups excluding tert-OH is 1. The molecule has 5 nitrogen and oxygen atoms in total. The molecule has 0 bridgehead atoms. The van der Waals surface area contributed by atoms with Crippen molar-refractivity contribution in [2.45, 2.75) is 26.8 Å². The second kappa shape index (κ2) is 7.70. The summed E-state index contributed by atoms with van der Waals surface area (Å²) in [7, 11) is 0. The number of carbonyl (C=O) groups is 2. The number of nitrogens with zero attached hydrogens (tertiary/aromatic N) is 2. The van der Waals surface area contributed by atoms with Crippen LogP contribution >= 0.6 is 22.9 Å².